The second-order valence-corrected chi connectivity index (χ2v) is 6.19. The fraction of sp³-hybridized carbons (Fsp3) is 0.923. The van der Waals surface area contributed by atoms with E-state index in [0.29, 0.717) is 0 Å². The maximum Gasteiger partial charge on any atom is 0.271 e. The maximum atomic E-state index is 10.2. The van der Waals surface area contributed by atoms with Gasteiger partial charge in [-0.25, -0.2) is 0 Å². The highest BCUT2D eigenvalue weighted by Crippen LogP contribution is 2.39. The van der Waals surface area contributed by atoms with E-state index in [0.717, 1.165) is 0 Å². The molecule has 3 aliphatic heterocycles. The molecule has 0 bridgehead atoms. The topological polar surface area (TPSA) is 182 Å². The third kappa shape index (κ3) is 2.62. The van der Waals surface area contributed by atoms with Gasteiger partial charge in [-0.2, -0.15) is 0 Å². The fourth-order valence-electron chi connectivity index (χ4n) is 3.21. The standard InChI is InChI=1S/C13H21NO10/c15-2-5-7(17)9(19)11(22-5)4-1-13(24-14-4)12(21)10(20)8(18)6(3-16)23-13/h5-12,15-21H,1-3H2/t5-,6+,7+,8+,9+,10-,11-,12+,13+/m0/s1. The molecule has 0 saturated carbocycles. The number of aliphatic hydroxyl groups excluding tert-OH is 7. The van der Waals surface area contributed by atoms with E-state index >= 15 is 0 Å². The molecule has 0 aliphatic carbocycles. The Kier molecular flexibility index (Phi) is 4.81. The predicted molar refractivity (Wildman–Crippen MR) is 73.6 cm³/mol. The molecule has 0 radical (unpaired) electrons. The van der Waals surface area contributed by atoms with Gasteiger partial charge in [-0.1, -0.05) is 5.16 Å². The summed E-state index contributed by atoms with van der Waals surface area (Å²) in [5.41, 5.74) is 0.0943. The average Bonchev–Trinajstić information content (AvgIpc) is 3.12. The van der Waals surface area contributed by atoms with Gasteiger partial charge >= 0.3 is 0 Å². The summed E-state index contributed by atoms with van der Waals surface area (Å²) in [7, 11) is 0. The molecule has 0 aromatic rings. The molecule has 0 unspecified atom stereocenters. The summed E-state index contributed by atoms with van der Waals surface area (Å²) in [6.45, 7) is -1.14. The molecule has 1 spiro atoms. The van der Waals surface area contributed by atoms with Crippen molar-refractivity contribution in [2.24, 2.45) is 5.16 Å². The molecule has 7 N–H and O–H groups in total. The zero-order valence-electron chi connectivity index (χ0n) is 12.5. The molecule has 9 atom stereocenters. The number of ether oxygens (including phenoxy) is 2. The van der Waals surface area contributed by atoms with Gasteiger partial charge in [0.1, 0.15) is 42.7 Å². The summed E-state index contributed by atoms with van der Waals surface area (Å²) in [6.07, 6.45) is -11.1. The summed E-state index contributed by atoms with van der Waals surface area (Å²) in [4.78, 5) is 5.12. The van der Waals surface area contributed by atoms with Gasteiger partial charge < -0.3 is 50.1 Å². The number of hydrogen-bond acceptors (Lipinski definition) is 11. The summed E-state index contributed by atoms with van der Waals surface area (Å²) in [5.74, 6) is -1.85. The lowest BCUT2D eigenvalue weighted by molar-refractivity contribution is -0.355. The summed E-state index contributed by atoms with van der Waals surface area (Å²) >= 11 is 0. The van der Waals surface area contributed by atoms with Crippen molar-refractivity contribution in [3.63, 3.8) is 0 Å². The SMILES string of the molecule is OC[C@@H]1O[C@@H](C2=NO[C@@]3(C2)O[C@H](CO)[C@@H](O)[C@H](O)[C@H]3O)[C@H](O)[C@@H]1O. The van der Waals surface area contributed by atoms with Crippen LogP contribution in [0.2, 0.25) is 0 Å². The van der Waals surface area contributed by atoms with Crippen molar-refractivity contribution in [3.8, 4) is 0 Å². The lowest BCUT2D eigenvalue weighted by atomic mass is 9.88. The van der Waals surface area contributed by atoms with Crippen molar-refractivity contribution >= 4 is 5.71 Å². The second kappa shape index (κ2) is 6.44. The van der Waals surface area contributed by atoms with Crippen LogP contribution in [0.3, 0.4) is 0 Å². The first-order valence-corrected chi connectivity index (χ1v) is 7.55. The maximum absolute atomic E-state index is 10.2. The van der Waals surface area contributed by atoms with Crippen LogP contribution in [0, 0.1) is 0 Å². The Hall–Kier alpha value is -0.890. The zero-order chi connectivity index (χ0) is 17.6. The van der Waals surface area contributed by atoms with E-state index in [-0.39, 0.29) is 12.1 Å². The summed E-state index contributed by atoms with van der Waals surface area (Å²) in [6, 6.07) is 0. The third-order valence-electron chi connectivity index (χ3n) is 4.65. The third-order valence-corrected chi connectivity index (χ3v) is 4.65. The van der Waals surface area contributed by atoms with E-state index in [4.69, 9.17) is 19.4 Å². The Morgan fingerprint density at radius 2 is 1.54 bits per heavy atom. The molecule has 2 fully saturated rings. The molecule has 0 aromatic heterocycles. The molecule has 2 saturated heterocycles. The van der Waals surface area contributed by atoms with E-state index in [2.05, 4.69) is 5.16 Å². The van der Waals surface area contributed by atoms with Crippen molar-refractivity contribution in [1.82, 2.24) is 0 Å². The summed E-state index contributed by atoms with van der Waals surface area (Å²) < 4.78 is 10.7. The van der Waals surface area contributed by atoms with E-state index < -0.39 is 67.8 Å². The molecule has 11 nitrogen and oxygen atoms in total. The van der Waals surface area contributed by atoms with Crippen LogP contribution in [-0.4, -0.2) is 109 Å². The van der Waals surface area contributed by atoms with Gasteiger partial charge in [0.15, 0.2) is 6.10 Å². The average molecular weight is 351 g/mol. The minimum absolute atomic E-state index is 0.0943. The zero-order valence-corrected chi connectivity index (χ0v) is 12.5. The first-order chi connectivity index (χ1) is 11.3. The largest absolute Gasteiger partial charge is 0.394 e. The molecular weight excluding hydrogens is 330 g/mol. The van der Waals surface area contributed by atoms with Crippen LogP contribution in [0.1, 0.15) is 6.42 Å². The number of rotatable bonds is 3. The van der Waals surface area contributed by atoms with Crippen LogP contribution in [-0.2, 0) is 14.3 Å². The predicted octanol–water partition coefficient (Wildman–Crippen LogP) is -4.59. The number of aliphatic hydroxyl groups is 7. The lowest BCUT2D eigenvalue weighted by Crippen LogP contribution is -2.65. The molecule has 24 heavy (non-hydrogen) atoms. The van der Waals surface area contributed by atoms with Gasteiger partial charge in [0.25, 0.3) is 5.79 Å². The van der Waals surface area contributed by atoms with E-state index in [9.17, 15) is 30.6 Å². The van der Waals surface area contributed by atoms with Gasteiger partial charge in [0.2, 0.25) is 0 Å². The van der Waals surface area contributed by atoms with Crippen LogP contribution in [0.15, 0.2) is 5.16 Å². The van der Waals surface area contributed by atoms with Crippen molar-refractivity contribution in [3.05, 3.63) is 0 Å². The molecule has 138 valence electrons. The van der Waals surface area contributed by atoms with Crippen molar-refractivity contribution in [2.75, 3.05) is 13.2 Å². The minimum atomic E-state index is -1.85. The number of nitrogens with zero attached hydrogens (tertiary/aromatic N) is 1. The molecule has 11 heteroatoms. The Balaban J connectivity index is 1.76. The second-order valence-electron chi connectivity index (χ2n) is 6.19. The smallest absolute Gasteiger partial charge is 0.271 e. The highest BCUT2D eigenvalue weighted by Gasteiger charge is 2.60. The molecule has 3 heterocycles. The monoisotopic (exact) mass is 351 g/mol. The number of oxime groups is 1. The molecule has 0 amide bonds. The van der Waals surface area contributed by atoms with Gasteiger partial charge in [-0.3, -0.25) is 0 Å². The van der Waals surface area contributed by atoms with Gasteiger partial charge in [0, 0.05) is 0 Å². The van der Waals surface area contributed by atoms with E-state index in [1.54, 1.807) is 0 Å². The van der Waals surface area contributed by atoms with Crippen molar-refractivity contribution in [2.45, 2.75) is 61.0 Å². The molecular formula is C13H21NO10. The lowest BCUT2D eigenvalue weighted by Gasteiger charge is -2.44. The van der Waals surface area contributed by atoms with Crippen LogP contribution in [0.25, 0.3) is 0 Å². The normalized spacial score (nSPS) is 51.7. The van der Waals surface area contributed by atoms with Gasteiger partial charge in [-0.05, 0) is 0 Å². The Morgan fingerprint density at radius 3 is 2.12 bits per heavy atom. The highest BCUT2D eigenvalue weighted by molar-refractivity contribution is 5.91. The van der Waals surface area contributed by atoms with Crippen LogP contribution >= 0.6 is 0 Å². The Bertz CT molecular complexity index is 501. The van der Waals surface area contributed by atoms with E-state index in [1.807, 2.05) is 0 Å². The van der Waals surface area contributed by atoms with Crippen molar-refractivity contribution in [1.29, 1.82) is 0 Å². The van der Waals surface area contributed by atoms with Gasteiger partial charge in [0.05, 0.1) is 25.3 Å². The number of hydrogen-bond donors (Lipinski definition) is 7. The van der Waals surface area contributed by atoms with Crippen molar-refractivity contribution < 1.29 is 50.1 Å². The molecule has 3 aliphatic rings. The van der Waals surface area contributed by atoms with E-state index in [1.165, 1.54) is 0 Å². The fourth-order valence-corrected chi connectivity index (χ4v) is 3.21. The quantitative estimate of drug-likeness (QED) is 0.261. The van der Waals surface area contributed by atoms with Crippen LogP contribution in [0.5, 0.6) is 0 Å². The minimum Gasteiger partial charge on any atom is -0.394 e. The highest BCUT2D eigenvalue weighted by atomic mass is 16.8. The van der Waals surface area contributed by atoms with Crippen LogP contribution in [0.4, 0.5) is 0 Å². The first-order valence-electron chi connectivity index (χ1n) is 7.55. The van der Waals surface area contributed by atoms with Gasteiger partial charge in [-0.15, -0.1) is 0 Å². The summed E-state index contributed by atoms with van der Waals surface area (Å²) in [5, 5.41) is 71.7. The first kappa shape index (κ1) is 17.9. The Labute approximate surface area is 136 Å². The Morgan fingerprint density at radius 1 is 0.917 bits per heavy atom. The molecule has 3 rings (SSSR count). The van der Waals surface area contributed by atoms with Crippen LogP contribution < -0.4 is 0 Å². The molecule has 0 aromatic carbocycles.